The Kier molecular flexibility index (Phi) is 6.30. The van der Waals surface area contributed by atoms with E-state index in [0.717, 1.165) is 16.9 Å². The zero-order chi connectivity index (χ0) is 18.4. The fourth-order valence-electron chi connectivity index (χ4n) is 2.21. The highest BCUT2D eigenvalue weighted by Crippen LogP contribution is 2.17. The monoisotopic (exact) mass is 387 g/mol. The second-order valence-electron chi connectivity index (χ2n) is 5.77. The maximum atomic E-state index is 11.9. The highest BCUT2D eigenvalue weighted by molar-refractivity contribution is 7.99. The van der Waals surface area contributed by atoms with Crippen LogP contribution >= 0.6 is 23.4 Å². The van der Waals surface area contributed by atoms with Crippen LogP contribution < -0.4 is 5.32 Å². The third-order valence-corrected chi connectivity index (χ3v) is 4.89. The lowest BCUT2D eigenvalue weighted by atomic mass is 10.1. The van der Waals surface area contributed by atoms with E-state index >= 15 is 0 Å². The SMILES string of the molecule is Cc1ccc(-c2noc(CNC(=O)CSCc3ccc(Cl)cc3)n2)cc1. The Morgan fingerprint density at radius 1 is 1.15 bits per heavy atom. The number of amides is 1. The molecule has 0 fully saturated rings. The topological polar surface area (TPSA) is 68.0 Å². The van der Waals surface area contributed by atoms with Crippen LogP contribution in [0.5, 0.6) is 0 Å². The molecule has 3 rings (SSSR count). The number of aromatic nitrogens is 2. The van der Waals surface area contributed by atoms with Crippen LogP contribution in [0, 0.1) is 6.92 Å². The fourth-order valence-corrected chi connectivity index (χ4v) is 3.16. The minimum atomic E-state index is -0.0703. The zero-order valence-electron chi connectivity index (χ0n) is 14.2. The summed E-state index contributed by atoms with van der Waals surface area (Å²) in [4.78, 5) is 16.2. The second kappa shape index (κ2) is 8.87. The maximum Gasteiger partial charge on any atom is 0.246 e. The van der Waals surface area contributed by atoms with Crippen molar-refractivity contribution in [3.8, 4) is 11.4 Å². The lowest BCUT2D eigenvalue weighted by Gasteiger charge is -2.03. The summed E-state index contributed by atoms with van der Waals surface area (Å²) in [6.07, 6.45) is 0. The van der Waals surface area contributed by atoms with E-state index in [9.17, 15) is 4.79 Å². The molecule has 7 heteroatoms. The van der Waals surface area contributed by atoms with Crippen molar-refractivity contribution in [2.45, 2.75) is 19.2 Å². The van der Waals surface area contributed by atoms with Gasteiger partial charge in [0.15, 0.2) is 0 Å². The van der Waals surface area contributed by atoms with E-state index in [2.05, 4.69) is 15.5 Å². The predicted molar refractivity (Wildman–Crippen MR) is 104 cm³/mol. The van der Waals surface area contributed by atoms with E-state index in [0.29, 0.717) is 22.5 Å². The number of halogens is 1. The van der Waals surface area contributed by atoms with Gasteiger partial charge in [0.2, 0.25) is 17.6 Å². The fraction of sp³-hybridized carbons (Fsp3) is 0.211. The molecule has 1 aromatic heterocycles. The maximum absolute atomic E-state index is 11.9. The quantitative estimate of drug-likeness (QED) is 0.656. The number of hydrogen-bond donors (Lipinski definition) is 1. The first kappa shape index (κ1) is 18.5. The van der Waals surface area contributed by atoms with E-state index in [1.54, 1.807) is 0 Å². The van der Waals surface area contributed by atoms with Gasteiger partial charge in [-0.3, -0.25) is 4.79 Å². The molecule has 0 aliphatic heterocycles. The van der Waals surface area contributed by atoms with Gasteiger partial charge in [-0.25, -0.2) is 0 Å². The highest BCUT2D eigenvalue weighted by atomic mass is 35.5. The van der Waals surface area contributed by atoms with Crippen LogP contribution in [0.15, 0.2) is 53.1 Å². The average molecular weight is 388 g/mol. The standard InChI is InChI=1S/C19H18ClN3O2S/c1-13-2-6-15(7-3-13)19-22-18(25-23-19)10-21-17(24)12-26-11-14-4-8-16(20)9-5-14/h2-9H,10-12H2,1H3,(H,21,24). The molecular formula is C19H18ClN3O2S. The summed E-state index contributed by atoms with van der Waals surface area (Å²) >= 11 is 7.39. The molecule has 0 bridgehead atoms. The molecule has 26 heavy (non-hydrogen) atoms. The first-order valence-corrected chi connectivity index (χ1v) is 9.62. The molecule has 0 unspecified atom stereocenters. The number of carbonyl (C=O) groups excluding carboxylic acids is 1. The molecule has 2 aromatic carbocycles. The molecule has 134 valence electrons. The van der Waals surface area contributed by atoms with Gasteiger partial charge in [-0.1, -0.05) is 58.7 Å². The van der Waals surface area contributed by atoms with Crippen molar-refractivity contribution in [2.24, 2.45) is 0 Å². The molecule has 0 radical (unpaired) electrons. The third-order valence-electron chi connectivity index (χ3n) is 3.63. The number of carbonyl (C=O) groups is 1. The van der Waals surface area contributed by atoms with Crippen molar-refractivity contribution < 1.29 is 9.32 Å². The molecule has 0 aliphatic carbocycles. The van der Waals surface area contributed by atoms with Crippen LogP contribution in [-0.2, 0) is 17.1 Å². The van der Waals surface area contributed by atoms with E-state index < -0.39 is 0 Å². The number of nitrogens with zero attached hydrogens (tertiary/aromatic N) is 2. The van der Waals surface area contributed by atoms with Crippen LogP contribution in [0.4, 0.5) is 0 Å². The van der Waals surface area contributed by atoms with Crippen molar-refractivity contribution >= 4 is 29.3 Å². The summed E-state index contributed by atoms with van der Waals surface area (Å²) in [5.74, 6) is 1.95. The zero-order valence-corrected chi connectivity index (χ0v) is 15.8. The van der Waals surface area contributed by atoms with Gasteiger partial charge in [0, 0.05) is 16.3 Å². The molecule has 1 N–H and O–H groups in total. The first-order chi connectivity index (χ1) is 12.6. The molecule has 1 amide bonds. The van der Waals surface area contributed by atoms with Crippen molar-refractivity contribution in [1.82, 2.24) is 15.5 Å². The molecule has 1 heterocycles. The van der Waals surface area contributed by atoms with Gasteiger partial charge in [0.25, 0.3) is 0 Å². The normalized spacial score (nSPS) is 10.7. The molecular weight excluding hydrogens is 370 g/mol. The minimum Gasteiger partial charge on any atom is -0.346 e. The molecule has 5 nitrogen and oxygen atoms in total. The number of rotatable bonds is 7. The molecule has 0 spiro atoms. The minimum absolute atomic E-state index is 0.0703. The van der Waals surface area contributed by atoms with Crippen LogP contribution in [0.25, 0.3) is 11.4 Å². The summed E-state index contributed by atoms with van der Waals surface area (Å²) in [6, 6.07) is 15.5. The summed E-state index contributed by atoms with van der Waals surface area (Å²) in [7, 11) is 0. The number of aryl methyl sites for hydroxylation is 1. The smallest absolute Gasteiger partial charge is 0.246 e. The number of benzene rings is 2. The van der Waals surface area contributed by atoms with Gasteiger partial charge >= 0.3 is 0 Å². The van der Waals surface area contributed by atoms with E-state index in [-0.39, 0.29) is 12.5 Å². The summed E-state index contributed by atoms with van der Waals surface area (Å²) < 4.78 is 5.19. The second-order valence-corrected chi connectivity index (χ2v) is 7.20. The van der Waals surface area contributed by atoms with Gasteiger partial charge in [-0.05, 0) is 24.6 Å². The van der Waals surface area contributed by atoms with E-state index in [4.69, 9.17) is 16.1 Å². The number of nitrogens with one attached hydrogen (secondary N) is 1. The first-order valence-electron chi connectivity index (χ1n) is 8.08. The molecule has 0 aliphatic rings. The van der Waals surface area contributed by atoms with Crippen molar-refractivity contribution in [1.29, 1.82) is 0 Å². The number of hydrogen-bond acceptors (Lipinski definition) is 5. The lowest BCUT2D eigenvalue weighted by Crippen LogP contribution is -2.24. The average Bonchev–Trinajstić information content (AvgIpc) is 3.11. The Morgan fingerprint density at radius 2 is 1.88 bits per heavy atom. The Hall–Kier alpha value is -2.31. The lowest BCUT2D eigenvalue weighted by molar-refractivity contribution is -0.118. The van der Waals surface area contributed by atoms with Crippen molar-refractivity contribution in [2.75, 3.05) is 5.75 Å². The van der Waals surface area contributed by atoms with Crippen LogP contribution in [-0.4, -0.2) is 21.8 Å². The largest absolute Gasteiger partial charge is 0.346 e. The Bertz CT molecular complexity index is 863. The van der Waals surface area contributed by atoms with Gasteiger partial charge in [-0.2, -0.15) is 4.98 Å². The van der Waals surface area contributed by atoms with Crippen molar-refractivity contribution in [3.63, 3.8) is 0 Å². The van der Waals surface area contributed by atoms with E-state index in [1.807, 2.05) is 55.5 Å². The highest BCUT2D eigenvalue weighted by Gasteiger charge is 2.10. The summed E-state index contributed by atoms with van der Waals surface area (Å²) in [5.41, 5.74) is 3.18. The molecule has 0 saturated carbocycles. The Balaban J connectivity index is 1.43. The predicted octanol–water partition coefficient (Wildman–Crippen LogP) is 4.25. The van der Waals surface area contributed by atoms with Gasteiger partial charge in [0.1, 0.15) is 0 Å². The molecule has 3 aromatic rings. The summed E-state index contributed by atoms with van der Waals surface area (Å²) in [6.45, 7) is 2.24. The van der Waals surface area contributed by atoms with E-state index in [1.165, 1.54) is 17.3 Å². The van der Waals surface area contributed by atoms with Gasteiger partial charge in [0.05, 0.1) is 12.3 Å². The van der Waals surface area contributed by atoms with Crippen molar-refractivity contribution in [3.05, 3.63) is 70.6 Å². The van der Waals surface area contributed by atoms with Crippen LogP contribution in [0.3, 0.4) is 0 Å². The Labute approximate surface area is 161 Å². The molecule has 0 saturated heterocycles. The third kappa shape index (κ3) is 5.34. The summed E-state index contributed by atoms with van der Waals surface area (Å²) in [5, 5.41) is 7.45. The number of thioether (sulfide) groups is 1. The Morgan fingerprint density at radius 3 is 2.62 bits per heavy atom. The van der Waals surface area contributed by atoms with Crippen LogP contribution in [0.1, 0.15) is 17.0 Å². The van der Waals surface area contributed by atoms with Crippen LogP contribution in [0.2, 0.25) is 5.02 Å². The van der Waals surface area contributed by atoms with Gasteiger partial charge < -0.3 is 9.84 Å². The molecule has 0 atom stereocenters. The van der Waals surface area contributed by atoms with Gasteiger partial charge in [-0.15, -0.1) is 11.8 Å².